The van der Waals surface area contributed by atoms with Crippen LogP contribution in [-0.2, 0) is 0 Å². The molecule has 1 unspecified atom stereocenters. The van der Waals surface area contributed by atoms with Gasteiger partial charge < -0.3 is 5.11 Å². The fraction of sp³-hybridized carbons (Fsp3) is 0.214. The van der Waals surface area contributed by atoms with Crippen molar-refractivity contribution in [3.8, 4) is 0 Å². The van der Waals surface area contributed by atoms with Gasteiger partial charge in [-0.3, -0.25) is 4.98 Å². The maximum atomic E-state index is 10.0. The first-order chi connectivity index (χ1) is 8.65. The van der Waals surface area contributed by atoms with Gasteiger partial charge in [-0.05, 0) is 42.8 Å². The van der Waals surface area contributed by atoms with Gasteiger partial charge in [0.05, 0.1) is 6.10 Å². The van der Waals surface area contributed by atoms with E-state index in [1.165, 1.54) is 0 Å². The van der Waals surface area contributed by atoms with Crippen molar-refractivity contribution in [3.63, 3.8) is 0 Å². The van der Waals surface area contributed by atoms with E-state index in [9.17, 15) is 5.11 Å². The minimum atomic E-state index is -0.501. The molecular weight excluding hydrogens is 266 g/mol. The van der Waals surface area contributed by atoms with Crippen LogP contribution < -0.4 is 0 Å². The molecule has 2 nitrogen and oxygen atoms in total. The summed E-state index contributed by atoms with van der Waals surface area (Å²) in [6, 6.07) is 11.4. The number of hydrogen-bond donors (Lipinski definition) is 1. The molecule has 0 aliphatic heterocycles. The second kappa shape index (κ2) is 6.23. The molecule has 0 amide bonds. The lowest BCUT2D eigenvalue weighted by Gasteiger charge is -2.10. The molecule has 0 spiro atoms. The molecule has 0 saturated heterocycles. The largest absolute Gasteiger partial charge is 0.387 e. The van der Waals surface area contributed by atoms with Crippen LogP contribution in [0, 0.1) is 6.92 Å². The van der Waals surface area contributed by atoms with Gasteiger partial charge in [-0.25, -0.2) is 0 Å². The first kappa shape index (κ1) is 13.4. The summed E-state index contributed by atoms with van der Waals surface area (Å²) in [5, 5.41) is 10.8. The first-order valence-corrected chi connectivity index (χ1v) is 7.00. The quantitative estimate of drug-likeness (QED) is 0.863. The Morgan fingerprint density at radius 2 is 1.94 bits per heavy atom. The molecule has 0 saturated carbocycles. The van der Waals surface area contributed by atoms with Crippen LogP contribution in [-0.4, -0.2) is 15.8 Å². The molecular formula is C14H14ClNOS. The van der Waals surface area contributed by atoms with E-state index in [4.69, 9.17) is 11.6 Å². The number of halogens is 1. The lowest BCUT2D eigenvalue weighted by Crippen LogP contribution is -2.01. The number of rotatable bonds is 4. The van der Waals surface area contributed by atoms with Crippen molar-refractivity contribution < 1.29 is 5.11 Å². The van der Waals surface area contributed by atoms with Gasteiger partial charge >= 0.3 is 0 Å². The second-order valence-electron chi connectivity index (χ2n) is 4.01. The van der Waals surface area contributed by atoms with E-state index in [2.05, 4.69) is 4.98 Å². The fourth-order valence-corrected chi connectivity index (χ4v) is 2.48. The third-order valence-electron chi connectivity index (χ3n) is 2.54. The van der Waals surface area contributed by atoms with E-state index >= 15 is 0 Å². The normalized spacial score (nSPS) is 12.4. The molecule has 1 N–H and O–H groups in total. The topological polar surface area (TPSA) is 33.1 Å². The number of aromatic nitrogens is 1. The highest BCUT2D eigenvalue weighted by atomic mass is 35.5. The molecule has 1 heterocycles. The average Bonchev–Trinajstić information content (AvgIpc) is 2.38. The molecule has 2 aromatic rings. The van der Waals surface area contributed by atoms with Crippen molar-refractivity contribution in [2.24, 2.45) is 0 Å². The zero-order chi connectivity index (χ0) is 13.0. The summed E-state index contributed by atoms with van der Waals surface area (Å²) in [5.41, 5.74) is 1.80. The lowest BCUT2D eigenvalue weighted by molar-refractivity contribution is 0.203. The Hall–Kier alpha value is -1.03. The molecule has 94 valence electrons. The van der Waals surface area contributed by atoms with Crippen LogP contribution in [0.4, 0.5) is 0 Å². The molecule has 0 fully saturated rings. The van der Waals surface area contributed by atoms with Crippen LogP contribution in [0.3, 0.4) is 0 Å². The van der Waals surface area contributed by atoms with Gasteiger partial charge in [-0.2, -0.15) is 0 Å². The third kappa shape index (κ3) is 3.73. The van der Waals surface area contributed by atoms with Gasteiger partial charge in [0.1, 0.15) is 0 Å². The number of hydrogen-bond acceptors (Lipinski definition) is 3. The SMILES string of the molecule is Cc1ccc(C(O)CSc2ccc(Cl)cc2)cn1. The van der Waals surface area contributed by atoms with Crippen LogP contribution in [0.15, 0.2) is 47.5 Å². The van der Waals surface area contributed by atoms with Crippen molar-refractivity contribution in [1.29, 1.82) is 0 Å². The van der Waals surface area contributed by atoms with Crippen LogP contribution in [0.2, 0.25) is 5.02 Å². The predicted octanol–water partition coefficient (Wildman–Crippen LogP) is 3.87. The Bertz CT molecular complexity index is 498. The minimum absolute atomic E-state index is 0.501. The highest BCUT2D eigenvalue weighted by Crippen LogP contribution is 2.25. The number of aliphatic hydroxyl groups excluding tert-OH is 1. The van der Waals surface area contributed by atoms with E-state index in [-0.39, 0.29) is 0 Å². The maximum Gasteiger partial charge on any atom is 0.0898 e. The van der Waals surface area contributed by atoms with E-state index in [0.29, 0.717) is 5.75 Å². The summed E-state index contributed by atoms with van der Waals surface area (Å²) in [4.78, 5) is 5.28. The monoisotopic (exact) mass is 279 g/mol. The van der Waals surface area contributed by atoms with Crippen molar-refractivity contribution in [3.05, 3.63) is 58.9 Å². The van der Waals surface area contributed by atoms with E-state index in [1.54, 1.807) is 18.0 Å². The molecule has 1 aromatic carbocycles. The summed E-state index contributed by atoms with van der Waals surface area (Å²) in [6.45, 7) is 1.93. The minimum Gasteiger partial charge on any atom is -0.387 e. The van der Waals surface area contributed by atoms with Gasteiger partial charge in [0.25, 0.3) is 0 Å². The smallest absolute Gasteiger partial charge is 0.0898 e. The summed E-state index contributed by atoms with van der Waals surface area (Å²) in [6.07, 6.45) is 1.22. The Morgan fingerprint density at radius 3 is 2.56 bits per heavy atom. The summed E-state index contributed by atoms with van der Waals surface area (Å²) in [7, 11) is 0. The first-order valence-electron chi connectivity index (χ1n) is 5.64. The zero-order valence-electron chi connectivity index (χ0n) is 10.0. The van der Waals surface area contributed by atoms with E-state index in [1.807, 2.05) is 43.3 Å². The molecule has 0 radical (unpaired) electrons. The van der Waals surface area contributed by atoms with E-state index < -0.39 is 6.10 Å². The third-order valence-corrected chi connectivity index (χ3v) is 3.88. The van der Waals surface area contributed by atoms with Gasteiger partial charge in [0.15, 0.2) is 0 Å². The van der Waals surface area contributed by atoms with Crippen molar-refractivity contribution in [1.82, 2.24) is 4.98 Å². The number of thioether (sulfide) groups is 1. The Balaban J connectivity index is 1.93. The molecule has 2 rings (SSSR count). The van der Waals surface area contributed by atoms with Crippen LogP contribution in [0.1, 0.15) is 17.4 Å². The highest BCUT2D eigenvalue weighted by Gasteiger charge is 2.08. The molecule has 1 aromatic heterocycles. The highest BCUT2D eigenvalue weighted by molar-refractivity contribution is 7.99. The van der Waals surface area contributed by atoms with Crippen molar-refractivity contribution in [2.75, 3.05) is 5.75 Å². The Kier molecular flexibility index (Phi) is 4.64. The average molecular weight is 280 g/mol. The number of aliphatic hydroxyl groups is 1. The lowest BCUT2D eigenvalue weighted by atomic mass is 10.2. The maximum absolute atomic E-state index is 10.0. The van der Waals surface area contributed by atoms with Crippen molar-refractivity contribution in [2.45, 2.75) is 17.9 Å². The molecule has 1 atom stereocenters. The molecule has 0 bridgehead atoms. The van der Waals surface area contributed by atoms with Crippen molar-refractivity contribution >= 4 is 23.4 Å². The zero-order valence-corrected chi connectivity index (χ0v) is 11.6. The molecule has 0 aliphatic rings. The van der Waals surface area contributed by atoms with Gasteiger partial charge in [-0.1, -0.05) is 17.7 Å². The number of aryl methyl sites for hydroxylation is 1. The van der Waals surface area contributed by atoms with E-state index in [0.717, 1.165) is 21.2 Å². The summed E-state index contributed by atoms with van der Waals surface area (Å²) >= 11 is 7.42. The molecule has 0 aliphatic carbocycles. The second-order valence-corrected chi connectivity index (χ2v) is 5.54. The number of benzene rings is 1. The van der Waals surface area contributed by atoms with Crippen LogP contribution in [0.5, 0.6) is 0 Å². The Labute approximate surface area is 116 Å². The summed E-state index contributed by atoms with van der Waals surface area (Å²) in [5.74, 6) is 0.604. The number of pyridine rings is 1. The van der Waals surface area contributed by atoms with Gasteiger partial charge in [-0.15, -0.1) is 11.8 Å². The number of nitrogens with zero attached hydrogens (tertiary/aromatic N) is 1. The predicted molar refractivity (Wildman–Crippen MR) is 76.1 cm³/mol. The summed E-state index contributed by atoms with van der Waals surface area (Å²) < 4.78 is 0. The molecule has 18 heavy (non-hydrogen) atoms. The standard InChI is InChI=1S/C14H14ClNOS/c1-10-2-3-11(8-16-10)14(17)9-18-13-6-4-12(15)5-7-13/h2-8,14,17H,9H2,1H3. The Morgan fingerprint density at radius 1 is 1.22 bits per heavy atom. The molecule has 4 heteroatoms. The van der Waals surface area contributed by atoms with Gasteiger partial charge in [0.2, 0.25) is 0 Å². The van der Waals surface area contributed by atoms with Crippen LogP contribution in [0.25, 0.3) is 0 Å². The fourth-order valence-electron chi connectivity index (χ4n) is 1.48. The van der Waals surface area contributed by atoms with Gasteiger partial charge in [0, 0.05) is 27.6 Å². The van der Waals surface area contributed by atoms with Crippen LogP contribution >= 0.6 is 23.4 Å².